The molecule has 0 spiro atoms. The lowest BCUT2D eigenvalue weighted by Gasteiger charge is -2.57. The maximum atomic E-state index is 2.90. The van der Waals surface area contributed by atoms with Crippen molar-refractivity contribution in [2.45, 2.75) is 96.6 Å². The van der Waals surface area contributed by atoms with Crippen molar-refractivity contribution in [2.24, 2.45) is 11.8 Å². The number of fused-ring (bicyclic) bond motifs is 7. The highest BCUT2D eigenvalue weighted by molar-refractivity contribution is 7.00. The zero-order valence-corrected chi connectivity index (χ0v) is 54.7. The maximum Gasteiger partial charge on any atom is 0.252 e. The van der Waals surface area contributed by atoms with Gasteiger partial charge in [-0.05, 0) is 176 Å². The molecule has 4 nitrogen and oxygen atoms in total. The minimum Gasteiger partial charge on any atom is -0.365 e. The van der Waals surface area contributed by atoms with E-state index in [1.54, 1.807) is 0 Å². The molecule has 0 atom stereocenters. The molecular formula is C89H77BN4. The van der Waals surface area contributed by atoms with E-state index in [0.717, 1.165) is 28.8 Å². The van der Waals surface area contributed by atoms with Gasteiger partial charge in [0, 0.05) is 79.2 Å². The second-order valence-electron chi connectivity index (χ2n) is 29.7. The third kappa shape index (κ3) is 9.16. The Morgan fingerprint density at radius 3 is 1.09 bits per heavy atom. The number of piperidine rings is 2. The van der Waals surface area contributed by atoms with E-state index >= 15 is 0 Å². The van der Waals surface area contributed by atoms with Crippen molar-refractivity contribution in [3.05, 3.63) is 284 Å². The molecule has 1 aromatic heterocycles. The van der Waals surface area contributed by atoms with Gasteiger partial charge in [-0.15, -0.1) is 0 Å². The molecule has 4 fully saturated rings. The molecule has 5 heterocycles. The predicted molar refractivity (Wildman–Crippen MR) is 400 cm³/mol. The van der Waals surface area contributed by atoms with Gasteiger partial charge in [0.05, 0.1) is 22.4 Å². The van der Waals surface area contributed by atoms with Crippen LogP contribution >= 0.6 is 0 Å². The second kappa shape index (κ2) is 21.8. The number of para-hydroxylation sites is 2. The fourth-order valence-electron chi connectivity index (χ4n) is 17.7. The molecule has 0 radical (unpaired) electrons. The Hall–Kier alpha value is -10.1. The molecular weight excluding hydrogens is 1140 g/mol. The smallest absolute Gasteiger partial charge is 0.252 e. The number of hydrogen-bond acceptors (Lipinski definition) is 3. The van der Waals surface area contributed by atoms with Gasteiger partial charge in [0.1, 0.15) is 0 Å². The highest BCUT2D eigenvalue weighted by Crippen LogP contribution is 2.56. The van der Waals surface area contributed by atoms with Crippen LogP contribution in [0.5, 0.6) is 0 Å². The molecule has 456 valence electrons. The van der Waals surface area contributed by atoms with Crippen LogP contribution in [-0.2, 0) is 10.8 Å². The number of hydrogen-bond donors (Lipinski definition) is 0. The van der Waals surface area contributed by atoms with E-state index in [1.807, 2.05) is 0 Å². The van der Waals surface area contributed by atoms with Crippen LogP contribution in [0.2, 0.25) is 0 Å². The van der Waals surface area contributed by atoms with E-state index < -0.39 is 0 Å². The minimum atomic E-state index is -0.154. The van der Waals surface area contributed by atoms with E-state index in [9.17, 15) is 0 Å². The minimum absolute atomic E-state index is 0.0314. The molecule has 0 unspecified atom stereocenters. The van der Waals surface area contributed by atoms with Crippen molar-refractivity contribution in [1.82, 2.24) is 4.57 Å². The van der Waals surface area contributed by atoms with Gasteiger partial charge in [0.25, 0.3) is 6.71 Å². The molecule has 2 aliphatic carbocycles. The fraction of sp³-hybridized carbons (Fsp3) is 0.191. The van der Waals surface area contributed by atoms with E-state index in [0.29, 0.717) is 12.1 Å². The molecule has 4 bridgehead atoms. The van der Waals surface area contributed by atoms with E-state index in [-0.39, 0.29) is 17.5 Å². The molecule has 13 aromatic rings. The third-order valence-corrected chi connectivity index (χ3v) is 21.9. The normalized spacial score (nSPS) is 17.8. The van der Waals surface area contributed by atoms with Gasteiger partial charge < -0.3 is 19.3 Å². The van der Waals surface area contributed by atoms with Gasteiger partial charge in [-0.3, -0.25) is 0 Å². The summed E-state index contributed by atoms with van der Waals surface area (Å²) in [5.74, 6) is 1.68. The Labute approximate surface area is 554 Å². The second-order valence-corrected chi connectivity index (χ2v) is 29.7. The average molecular weight is 1210 g/mol. The highest BCUT2D eigenvalue weighted by atomic mass is 15.2. The monoisotopic (exact) mass is 1210 g/mol. The Morgan fingerprint density at radius 1 is 0.319 bits per heavy atom. The van der Waals surface area contributed by atoms with Crippen molar-refractivity contribution in [1.29, 1.82) is 0 Å². The first-order chi connectivity index (χ1) is 45.9. The van der Waals surface area contributed by atoms with E-state index in [4.69, 9.17) is 0 Å². The van der Waals surface area contributed by atoms with Gasteiger partial charge in [-0.25, -0.2) is 0 Å². The van der Waals surface area contributed by atoms with Crippen LogP contribution in [0.1, 0.15) is 84.8 Å². The summed E-state index contributed by atoms with van der Waals surface area (Å²) in [6.07, 6.45) is 6.58. The predicted octanol–water partition coefficient (Wildman–Crippen LogP) is 21.6. The van der Waals surface area contributed by atoms with E-state index in [1.165, 1.54) is 166 Å². The fourth-order valence-corrected chi connectivity index (χ4v) is 17.7. The Morgan fingerprint density at radius 2 is 0.691 bits per heavy atom. The van der Waals surface area contributed by atoms with Gasteiger partial charge >= 0.3 is 0 Å². The molecule has 5 heteroatoms. The summed E-state index contributed by atoms with van der Waals surface area (Å²) < 4.78 is 2.57. The molecule has 0 N–H and O–H groups in total. The van der Waals surface area contributed by atoms with Crippen molar-refractivity contribution in [3.8, 4) is 61.3 Å². The quantitative estimate of drug-likeness (QED) is 0.134. The molecule has 12 aromatic carbocycles. The number of benzene rings is 12. The summed E-state index contributed by atoms with van der Waals surface area (Å²) in [4.78, 5) is 8.37. The average Bonchev–Trinajstić information content (AvgIpc) is 0.785. The molecule has 6 aliphatic rings. The molecule has 94 heavy (non-hydrogen) atoms. The van der Waals surface area contributed by atoms with Gasteiger partial charge in [0.2, 0.25) is 0 Å². The zero-order valence-electron chi connectivity index (χ0n) is 54.7. The number of aromatic nitrogens is 1. The summed E-state index contributed by atoms with van der Waals surface area (Å²) in [6, 6.07) is 106. The number of nitrogens with zero attached hydrogens (tertiary/aromatic N) is 4. The Kier molecular flexibility index (Phi) is 13.1. The van der Waals surface area contributed by atoms with Gasteiger partial charge in [-0.2, -0.15) is 0 Å². The highest BCUT2D eigenvalue weighted by Gasteiger charge is 2.49. The molecule has 4 aliphatic heterocycles. The van der Waals surface area contributed by atoms with Gasteiger partial charge in [-0.1, -0.05) is 254 Å². The number of rotatable bonds is 9. The summed E-state index contributed by atoms with van der Waals surface area (Å²) >= 11 is 0. The summed E-state index contributed by atoms with van der Waals surface area (Å²) in [6.45, 7) is 13.9. The lowest BCUT2D eigenvalue weighted by Crippen LogP contribution is -2.62. The molecule has 2 saturated carbocycles. The Bertz CT molecular complexity index is 4900. The lowest BCUT2D eigenvalue weighted by molar-refractivity contribution is 0.0900. The van der Waals surface area contributed by atoms with Crippen LogP contribution < -0.4 is 31.1 Å². The lowest BCUT2D eigenvalue weighted by atomic mass is 9.33. The first kappa shape index (κ1) is 56.6. The third-order valence-electron chi connectivity index (χ3n) is 21.9. The van der Waals surface area contributed by atoms with Crippen LogP contribution in [0.3, 0.4) is 0 Å². The molecule has 2 saturated heterocycles. The number of anilines is 7. The molecule has 19 rings (SSSR count). The summed E-state index contributed by atoms with van der Waals surface area (Å²) in [7, 11) is 0. The van der Waals surface area contributed by atoms with Crippen molar-refractivity contribution >= 4 is 84.7 Å². The van der Waals surface area contributed by atoms with Crippen molar-refractivity contribution in [2.75, 3.05) is 14.7 Å². The Balaban J connectivity index is 0.990. The standard InChI is InChI=1S/C89H77BN4/c1-88(2,3)65-38-44-79-75(53-65)76-54-66(89(4,5)6)39-45-80(76)92(79)68-41-43-78-82(56-68)94(87-73(62-30-18-10-19-31-62)36-23-37-74(87)63-32-20-11-21-33-63)84-52-64(59-24-12-7-13-25-59)51-83-85(84)90(78)77-42-40-67(91-69-47-57-46-58(49-69)50-70(91)48-57)55-81(77)93(83)86-71(60-26-14-8-15-27-60)34-22-35-72(86)61-28-16-9-17-29-61/h7-45,51-58,69-70H,46-50H2,1-6H3. The van der Waals surface area contributed by atoms with Crippen LogP contribution in [-0.4, -0.2) is 23.4 Å². The van der Waals surface area contributed by atoms with Crippen LogP contribution in [0.4, 0.5) is 39.8 Å². The zero-order chi connectivity index (χ0) is 63.1. The molecule has 0 amide bonds. The topological polar surface area (TPSA) is 14.7 Å². The van der Waals surface area contributed by atoms with Crippen LogP contribution in [0, 0.1) is 11.8 Å². The van der Waals surface area contributed by atoms with Crippen molar-refractivity contribution in [3.63, 3.8) is 0 Å². The maximum absolute atomic E-state index is 2.90. The van der Waals surface area contributed by atoms with Crippen LogP contribution in [0.15, 0.2) is 273 Å². The summed E-state index contributed by atoms with van der Waals surface area (Å²) in [5, 5.41) is 2.56. The van der Waals surface area contributed by atoms with Crippen LogP contribution in [0.25, 0.3) is 83.1 Å². The first-order valence-corrected chi connectivity index (χ1v) is 34.3. The SMILES string of the molecule is CC(C)(C)c1ccc2c(c1)c1cc(C(C)(C)C)ccc1n2-c1ccc2c(c1)N(c1c(-c3ccccc3)cccc1-c1ccccc1)c1cc(-c3ccccc3)cc3c1B2c1ccc(N2C4CC5CC(C4)CC2C5)cc1N3c1c(-c2ccccc2)cccc1-c1ccccc1. The van der Waals surface area contributed by atoms with Gasteiger partial charge in [0.15, 0.2) is 0 Å². The summed E-state index contributed by atoms with van der Waals surface area (Å²) in [5.41, 5.74) is 30.2. The largest absolute Gasteiger partial charge is 0.365 e. The van der Waals surface area contributed by atoms with Crippen molar-refractivity contribution < 1.29 is 0 Å². The van der Waals surface area contributed by atoms with E-state index in [2.05, 4.69) is 334 Å². The first-order valence-electron chi connectivity index (χ1n) is 34.3.